The molecule has 0 unspecified atom stereocenters. The Hall–Kier alpha value is -2.77. The smallest absolute Gasteiger partial charge is 0.145 e. The maximum absolute atomic E-state index is 6.59. The standard InChI is InChI=1S/C22H13ClO/c23-18-13-15-9-6-11-16(14-7-2-1-3-8-14)20(15)22-21(18)17-10-4-5-12-19(17)24-22/h1-13H. The summed E-state index contributed by atoms with van der Waals surface area (Å²) >= 11 is 6.59. The van der Waals surface area contributed by atoms with Crippen LogP contribution in [0.5, 0.6) is 0 Å². The lowest BCUT2D eigenvalue weighted by molar-refractivity contribution is 0.673. The van der Waals surface area contributed by atoms with Crippen LogP contribution in [0.2, 0.25) is 5.02 Å². The molecule has 0 aliphatic carbocycles. The molecule has 0 fully saturated rings. The minimum Gasteiger partial charge on any atom is -0.455 e. The average Bonchev–Trinajstić information content (AvgIpc) is 3.02. The van der Waals surface area contributed by atoms with Crippen molar-refractivity contribution in [3.8, 4) is 11.1 Å². The van der Waals surface area contributed by atoms with Gasteiger partial charge in [0.2, 0.25) is 0 Å². The first-order valence-corrected chi connectivity index (χ1v) is 8.28. The van der Waals surface area contributed by atoms with Crippen LogP contribution in [0.25, 0.3) is 43.8 Å². The van der Waals surface area contributed by atoms with Crippen molar-refractivity contribution >= 4 is 44.3 Å². The number of fused-ring (bicyclic) bond motifs is 5. The molecule has 0 N–H and O–H groups in total. The Kier molecular flexibility index (Phi) is 2.91. The third-order valence-electron chi connectivity index (χ3n) is 4.53. The van der Waals surface area contributed by atoms with E-state index in [9.17, 15) is 0 Å². The number of hydrogen-bond donors (Lipinski definition) is 0. The Morgan fingerprint density at radius 3 is 2.38 bits per heavy atom. The van der Waals surface area contributed by atoms with Crippen LogP contribution in [0.3, 0.4) is 0 Å². The third-order valence-corrected chi connectivity index (χ3v) is 4.82. The van der Waals surface area contributed by atoms with Crippen LogP contribution in [-0.4, -0.2) is 0 Å². The normalized spacial score (nSPS) is 11.5. The lowest BCUT2D eigenvalue weighted by atomic mass is 9.96. The molecule has 0 atom stereocenters. The van der Waals surface area contributed by atoms with Crippen molar-refractivity contribution < 1.29 is 4.42 Å². The Morgan fingerprint density at radius 2 is 1.50 bits per heavy atom. The summed E-state index contributed by atoms with van der Waals surface area (Å²) in [7, 11) is 0. The minimum absolute atomic E-state index is 0.729. The van der Waals surface area contributed by atoms with Gasteiger partial charge < -0.3 is 4.42 Å². The number of hydrogen-bond acceptors (Lipinski definition) is 1. The third kappa shape index (κ3) is 1.88. The predicted octanol–water partition coefficient (Wildman–Crippen LogP) is 7.06. The molecule has 1 heterocycles. The lowest BCUT2D eigenvalue weighted by Crippen LogP contribution is -1.83. The van der Waals surface area contributed by atoms with E-state index in [4.69, 9.17) is 16.0 Å². The molecule has 24 heavy (non-hydrogen) atoms. The van der Waals surface area contributed by atoms with Gasteiger partial charge in [-0.2, -0.15) is 0 Å². The van der Waals surface area contributed by atoms with Gasteiger partial charge in [0.25, 0.3) is 0 Å². The van der Waals surface area contributed by atoms with Gasteiger partial charge in [-0.05, 0) is 28.6 Å². The number of halogens is 1. The van der Waals surface area contributed by atoms with Gasteiger partial charge in [-0.25, -0.2) is 0 Å². The van der Waals surface area contributed by atoms with Crippen LogP contribution in [0, 0.1) is 0 Å². The Balaban J connectivity index is 2.03. The summed E-state index contributed by atoms with van der Waals surface area (Å²) in [6.45, 7) is 0. The molecule has 114 valence electrons. The van der Waals surface area contributed by atoms with Gasteiger partial charge >= 0.3 is 0 Å². The molecule has 0 saturated heterocycles. The van der Waals surface area contributed by atoms with Crippen molar-refractivity contribution in [3.05, 3.63) is 83.9 Å². The second kappa shape index (κ2) is 5.12. The molecule has 2 heteroatoms. The SMILES string of the molecule is Clc1cc2cccc(-c3ccccc3)c2c2oc3ccccc3c12. The second-order valence-corrected chi connectivity index (χ2v) is 6.34. The van der Waals surface area contributed by atoms with Crippen LogP contribution in [-0.2, 0) is 0 Å². The summed E-state index contributed by atoms with van der Waals surface area (Å²) in [6.07, 6.45) is 0. The molecule has 1 nitrogen and oxygen atoms in total. The van der Waals surface area contributed by atoms with Gasteiger partial charge in [0, 0.05) is 16.2 Å². The fourth-order valence-electron chi connectivity index (χ4n) is 3.47. The zero-order valence-electron chi connectivity index (χ0n) is 12.8. The van der Waals surface area contributed by atoms with Crippen molar-refractivity contribution in [1.29, 1.82) is 0 Å². The van der Waals surface area contributed by atoms with E-state index >= 15 is 0 Å². The van der Waals surface area contributed by atoms with Crippen LogP contribution in [0.15, 0.2) is 83.3 Å². The molecule has 0 saturated carbocycles. The molecule has 0 radical (unpaired) electrons. The summed E-state index contributed by atoms with van der Waals surface area (Å²) in [5.74, 6) is 0. The first-order chi connectivity index (χ1) is 11.8. The van der Waals surface area contributed by atoms with E-state index in [1.54, 1.807) is 0 Å². The molecule has 0 aliphatic rings. The van der Waals surface area contributed by atoms with E-state index in [0.29, 0.717) is 0 Å². The highest BCUT2D eigenvalue weighted by molar-refractivity contribution is 6.40. The Bertz CT molecular complexity index is 1200. The van der Waals surface area contributed by atoms with E-state index in [2.05, 4.69) is 48.5 Å². The first-order valence-electron chi connectivity index (χ1n) is 7.91. The lowest BCUT2D eigenvalue weighted by Gasteiger charge is -2.08. The first kappa shape index (κ1) is 13.6. The van der Waals surface area contributed by atoms with Crippen molar-refractivity contribution in [1.82, 2.24) is 0 Å². The van der Waals surface area contributed by atoms with Crippen LogP contribution < -0.4 is 0 Å². The Labute approximate surface area is 144 Å². The molecule has 0 spiro atoms. The number of rotatable bonds is 1. The molecule has 1 aromatic heterocycles. The van der Waals surface area contributed by atoms with E-state index in [1.165, 1.54) is 5.56 Å². The highest BCUT2D eigenvalue weighted by atomic mass is 35.5. The van der Waals surface area contributed by atoms with Crippen molar-refractivity contribution in [3.63, 3.8) is 0 Å². The van der Waals surface area contributed by atoms with E-state index in [-0.39, 0.29) is 0 Å². The summed E-state index contributed by atoms with van der Waals surface area (Å²) in [5, 5.41) is 4.98. The number of para-hydroxylation sites is 1. The quantitative estimate of drug-likeness (QED) is 0.321. The molecule has 0 bridgehead atoms. The van der Waals surface area contributed by atoms with Gasteiger partial charge in [-0.1, -0.05) is 78.3 Å². The molecule has 4 aromatic carbocycles. The highest BCUT2D eigenvalue weighted by Gasteiger charge is 2.16. The van der Waals surface area contributed by atoms with Gasteiger partial charge in [-0.3, -0.25) is 0 Å². The van der Waals surface area contributed by atoms with E-state index in [0.717, 1.165) is 43.3 Å². The predicted molar refractivity (Wildman–Crippen MR) is 102 cm³/mol. The fourth-order valence-corrected chi connectivity index (χ4v) is 3.77. The zero-order valence-corrected chi connectivity index (χ0v) is 13.5. The largest absolute Gasteiger partial charge is 0.455 e. The molecular formula is C22H13ClO. The zero-order chi connectivity index (χ0) is 16.1. The molecule has 0 amide bonds. The highest BCUT2D eigenvalue weighted by Crippen LogP contribution is 2.42. The minimum atomic E-state index is 0.729. The summed E-state index contributed by atoms with van der Waals surface area (Å²) in [4.78, 5) is 0. The average molecular weight is 329 g/mol. The van der Waals surface area contributed by atoms with Crippen molar-refractivity contribution in [2.45, 2.75) is 0 Å². The summed E-state index contributed by atoms with van der Waals surface area (Å²) in [5.41, 5.74) is 4.06. The van der Waals surface area contributed by atoms with Gasteiger partial charge in [0.15, 0.2) is 0 Å². The van der Waals surface area contributed by atoms with Crippen LogP contribution in [0.4, 0.5) is 0 Å². The molecule has 0 aliphatic heterocycles. The topological polar surface area (TPSA) is 13.1 Å². The molecule has 5 aromatic rings. The van der Waals surface area contributed by atoms with Gasteiger partial charge in [0.1, 0.15) is 11.2 Å². The van der Waals surface area contributed by atoms with Gasteiger partial charge in [-0.15, -0.1) is 0 Å². The number of furan rings is 1. The van der Waals surface area contributed by atoms with E-state index < -0.39 is 0 Å². The van der Waals surface area contributed by atoms with Crippen molar-refractivity contribution in [2.24, 2.45) is 0 Å². The monoisotopic (exact) mass is 328 g/mol. The van der Waals surface area contributed by atoms with Crippen LogP contribution in [0.1, 0.15) is 0 Å². The molecular weight excluding hydrogens is 316 g/mol. The molecule has 5 rings (SSSR count). The van der Waals surface area contributed by atoms with Crippen molar-refractivity contribution in [2.75, 3.05) is 0 Å². The van der Waals surface area contributed by atoms with Crippen LogP contribution >= 0.6 is 11.6 Å². The number of benzene rings is 4. The summed E-state index contributed by atoms with van der Waals surface area (Å²) in [6, 6.07) is 26.8. The second-order valence-electron chi connectivity index (χ2n) is 5.93. The fraction of sp³-hybridized carbons (Fsp3) is 0. The summed E-state index contributed by atoms with van der Waals surface area (Å²) < 4.78 is 6.22. The maximum atomic E-state index is 6.59. The van der Waals surface area contributed by atoms with Gasteiger partial charge in [0.05, 0.1) is 5.02 Å². The maximum Gasteiger partial charge on any atom is 0.145 e. The van der Waals surface area contributed by atoms with E-state index in [1.807, 2.05) is 30.3 Å². The Morgan fingerprint density at radius 1 is 0.708 bits per heavy atom.